The van der Waals surface area contributed by atoms with Crippen LogP contribution in [0.5, 0.6) is 0 Å². The molecule has 0 bridgehead atoms. The Hall–Kier alpha value is -2.11. The summed E-state index contributed by atoms with van der Waals surface area (Å²) in [6.45, 7) is 1.45. The highest BCUT2D eigenvalue weighted by molar-refractivity contribution is 5.90. The molecule has 3 N–H and O–H groups in total. The standard InChI is InChI=1S/C14H17N3O2/c1-17(9-11-5-3-2-4-6-11)10-12-7-8-13(19-12)14(18)16-15/h2-8H,9-10,15H2,1H3,(H,16,18). The third-order valence-electron chi connectivity index (χ3n) is 2.74. The van der Waals surface area contributed by atoms with E-state index in [1.807, 2.05) is 30.7 Å². The molecule has 1 heterocycles. The van der Waals surface area contributed by atoms with E-state index in [1.165, 1.54) is 5.56 Å². The fraction of sp³-hybridized carbons (Fsp3) is 0.214. The number of amides is 1. The molecule has 1 aromatic heterocycles. The number of hydrazine groups is 1. The van der Waals surface area contributed by atoms with E-state index >= 15 is 0 Å². The summed E-state index contributed by atoms with van der Waals surface area (Å²) in [6.07, 6.45) is 0. The highest BCUT2D eigenvalue weighted by atomic mass is 16.4. The Morgan fingerprint density at radius 1 is 1.21 bits per heavy atom. The van der Waals surface area contributed by atoms with Crippen LogP contribution in [0, 0.1) is 0 Å². The van der Waals surface area contributed by atoms with Crippen LogP contribution in [0.25, 0.3) is 0 Å². The molecule has 5 nitrogen and oxygen atoms in total. The molecule has 0 fully saturated rings. The summed E-state index contributed by atoms with van der Waals surface area (Å²) in [4.78, 5) is 13.4. The zero-order valence-electron chi connectivity index (χ0n) is 10.8. The van der Waals surface area contributed by atoms with Crippen LogP contribution in [-0.4, -0.2) is 17.9 Å². The van der Waals surface area contributed by atoms with Crippen LogP contribution in [0.1, 0.15) is 21.9 Å². The number of furan rings is 1. The number of nitrogens with zero attached hydrogens (tertiary/aromatic N) is 1. The second-order valence-electron chi connectivity index (χ2n) is 4.40. The summed E-state index contributed by atoms with van der Waals surface area (Å²) < 4.78 is 5.41. The molecule has 0 aliphatic rings. The molecule has 2 aromatic rings. The lowest BCUT2D eigenvalue weighted by atomic mass is 10.2. The first-order chi connectivity index (χ1) is 9.19. The average molecular weight is 259 g/mol. The van der Waals surface area contributed by atoms with E-state index in [9.17, 15) is 4.79 Å². The molecular weight excluding hydrogens is 242 g/mol. The Kier molecular flexibility index (Phi) is 4.33. The van der Waals surface area contributed by atoms with E-state index in [0.29, 0.717) is 6.54 Å². The highest BCUT2D eigenvalue weighted by Crippen LogP contribution is 2.11. The van der Waals surface area contributed by atoms with E-state index in [1.54, 1.807) is 12.1 Å². The monoisotopic (exact) mass is 259 g/mol. The first-order valence-corrected chi connectivity index (χ1v) is 6.01. The predicted molar refractivity (Wildman–Crippen MR) is 72.0 cm³/mol. The molecule has 1 aromatic carbocycles. The molecule has 0 radical (unpaired) electrons. The Bertz CT molecular complexity index is 537. The van der Waals surface area contributed by atoms with Crippen molar-refractivity contribution in [3.05, 3.63) is 59.5 Å². The van der Waals surface area contributed by atoms with E-state index in [2.05, 4.69) is 17.0 Å². The molecule has 19 heavy (non-hydrogen) atoms. The fourth-order valence-corrected chi connectivity index (χ4v) is 1.87. The van der Waals surface area contributed by atoms with Crippen LogP contribution in [0.3, 0.4) is 0 Å². The van der Waals surface area contributed by atoms with Gasteiger partial charge in [0.05, 0.1) is 6.54 Å². The summed E-state index contributed by atoms with van der Waals surface area (Å²) in [5, 5.41) is 0. The van der Waals surface area contributed by atoms with Crippen molar-refractivity contribution in [2.45, 2.75) is 13.1 Å². The summed E-state index contributed by atoms with van der Waals surface area (Å²) in [7, 11) is 2.00. The van der Waals surface area contributed by atoms with Gasteiger partial charge < -0.3 is 4.42 Å². The fourth-order valence-electron chi connectivity index (χ4n) is 1.87. The van der Waals surface area contributed by atoms with Crippen LogP contribution in [0.4, 0.5) is 0 Å². The zero-order chi connectivity index (χ0) is 13.7. The number of nitrogens with two attached hydrogens (primary N) is 1. The van der Waals surface area contributed by atoms with Crippen molar-refractivity contribution in [1.29, 1.82) is 0 Å². The number of nitrogens with one attached hydrogen (secondary N) is 1. The summed E-state index contributed by atoms with van der Waals surface area (Å²) in [5.41, 5.74) is 3.27. The molecule has 0 saturated carbocycles. The molecule has 0 aliphatic carbocycles. The Balaban J connectivity index is 1.94. The van der Waals surface area contributed by atoms with Gasteiger partial charge >= 0.3 is 5.91 Å². The Labute approximate surface area is 112 Å². The lowest BCUT2D eigenvalue weighted by molar-refractivity contribution is 0.0922. The van der Waals surface area contributed by atoms with Crippen molar-refractivity contribution in [2.24, 2.45) is 5.84 Å². The summed E-state index contributed by atoms with van der Waals surface area (Å²) in [5.74, 6) is 5.59. The summed E-state index contributed by atoms with van der Waals surface area (Å²) in [6, 6.07) is 13.6. The van der Waals surface area contributed by atoms with E-state index in [0.717, 1.165) is 12.3 Å². The van der Waals surface area contributed by atoms with Gasteiger partial charge in [-0.25, -0.2) is 5.84 Å². The highest BCUT2D eigenvalue weighted by Gasteiger charge is 2.10. The predicted octanol–water partition coefficient (Wildman–Crippen LogP) is 1.52. The molecular formula is C14H17N3O2. The van der Waals surface area contributed by atoms with Gasteiger partial charge in [-0.05, 0) is 24.7 Å². The van der Waals surface area contributed by atoms with Gasteiger partial charge in [0, 0.05) is 6.54 Å². The van der Waals surface area contributed by atoms with Crippen LogP contribution < -0.4 is 11.3 Å². The number of hydrogen-bond donors (Lipinski definition) is 2. The van der Waals surface area contributed by atoms with Crippen LogP contribution >= 0.6 is 0 Å². The van der Waals surface area contributed by atoms with E-state index < -0.39 is 5.91 Å². The van der Waals surface area contributed by atoms with Gasteiger partial charge in [-0.2, -0.15) is 0 Å². The first kappa shape index (κ1) is 13.3. The lowest BCUT2D eigenvalue weighted by Gasteiger charge is -2.14. The number of carbonyl (C=O) groups is 1. The maximum atomic E-state index is 11.3. The van der Waals surface area contributed by atoms with Gasteiger partial charge in [-0.3, -0.25) is 15.1 Å². The van der Waals surface area contributed by atoms with Gasteiger partial charge in [0.1, 0.15) is 5.76 Å². The van der Waals surface area contributed by atoms with Crippen molar-refractivity contribution in [3.8, 4) is 0 Å². The maximum absolute atomic E-state index is 11.3. The molecule has 2 rings (SSSR count). The topological polar surface area (TPSA) is 71.5 Å². The van der Waals surface area contributed by atoms with Gasteiger partial charge in [0.15, 0.2) is 5.76 Å². The maximum Gasteiger partial charge on any atom is 0.300 e. The van der Waals surface area contributed by atoms with E-state index in [-0.39, 0.29) is 5.76 Å². The minimum atomic E-state index is -0.419. The molecule has 100 valence electrons. The number of nitrogen functional groups attached to an aromatic ring is 1. The van der Waals surface area contributed by atoms with Gasteiger partial charge in [-0.1, -0.05) is 30.3 Å². The first-order valence-electron chi connectivity index (χ1n) is 6.01. The SMILES string of the molecule is CN(Cc1ccccc1)Cc1ccc(C(=O)NN)o1. The van der Waals surface area contributed by atoms with Crippen LogP contribution in [0.15, 0.2) is 46.9 Å². The van der Waals surface area contributed by atoms with Gasteiger partial charge in [0.2, 0.25) is 0 Å². The van der Waals surface area contributed by atoms with Crippen LogP contribution in [-0.2, 0) is 13.1 Å². The molecule has 0 atom stereocenters. The third-order valence-corrected chi connectivity index (χ3v) is 2.74. The molecule has 5 heteroatoms. The smallest absolute Gasteiger partial charge is 0.300 e. The molecule has 0 saturated heterocycles. The summed E-state index contributed by atoms with van der Waals surface area (Å²) >= 11 is 0. The number of carbonyl (C=O) groups excluding carboxylic acids is 1. The normalized spacial score (nSPS) is 10.7. The number of rotatable bonds is 5. The van der Waals surface area contributed by atoms with E-state index in [4.69, 9.17) is 10.3 Å². The van der Waals surface area contributed by atoms with Gasteiger partial charge in [0.25, 0.3) is 0 Å². The zero-order valence-corrected chi connectivity index (χ0v) is 10.8. The van der Waals surface area contributed by atoms with Crippen molar-refractivity contribution >= 4 is 5.91 Å². The second kappa shape index (κ2) is 6.17. The number of hydrogen-bond acceptors (Lipinski definition) is 4. The van der Waals surface area contributed by atoms with Crippen molar-refractivity contribution in [1.82, 2.24) is 10.3 Å². The molecule has 0 unspecified atom stereocenters. The molecule has 0 aliphatic heterocycles. The third kappa shape index (κ3) is 3.67. The largest absolute Gasteiger partial charge is 0.455 e. The lowest BCUT2D eigenvalue weighted by Crippen LogP contribution is -2.29. The second-order valence-corrected chi connectivity index (χ2v) is 4.40. The quantitative estimate of drug-likeness (QED) is 0.485. The van der Waals surface area contributed by atoms with Crippen molar-refractivity contribution < 1.29 is 9.21 Å². The molecule has 0 spiro atoms. The molecule has 1 amide bonds. The number of benzene rings is 1. The van der Waals surface area contributed by atoms with Crippen molar-refractivity contribution in [2.75, 3.05) is 7.05 Å². The minimum Gasteiger partial charge on any atom is -0.455 e. The average Bonchev–Trinajstić information content (AvgIpc) is 2.87. The Morgan fingerprint density at radius 3 is 2.63 bits per heavy atom. The minimum absolute atomic E-state index is 0.227. The van der Waals surface area contributed by atoms with Crippen molar-refractivity contribution in [3.63, 3.8) is 0 Å². The Morgan fingerprint density at radius 2 is 1.95 bits per heavy atom. The van der Waals surface area contributed by atoms with Gasteiger partial charge in [-0.15, -0.1) is 0 Å². The van der Waals surface area contributed by atoms with Crippen LogP contribution in [0.2, 0.25) is 0 Å².